The first-order chi connectivity index (χ1) is 9.08. The van der Waals surface area contributed by atoms with Crippen LogP contribution in [0.2, 0.25) is 0 Å². The maximum absolute atomic E-state index is 12.0. The molecule has 19 heavy (non-hydrogen) atoms. The third kappa shape index (κ3) is 3.65. The Bertz CT molecular complexity index is 575. The van der Waals surface area contributed by atoms with Crippen LogP contribution in [0.1, 0.15) is 21.8 Å². The molecule has 5 nitrogen and oxygen atoms in total. The van der Waals surface area contributed by atoms with E-state index in [1.165, 1.54) is 0 Å². The number of anilines is 1. The van der Waals surface area contributed by atoms with Crippen LogP contribution < -0.4 is 5.32 Å². The largest absolute Gasteiger partial charge is 0.377 e. The lowest BCUT2D eigenvalue weighted by Crippen LogP contribution is -2.12. The van der Waals surface area contributed by atoms with Gasteiger partial charge in [-0.1, -0.05) is 21.1 Å². The van der Waals surface area contributed by atoms with Crippen molar-refractivity contribution in [3.63, 3.8) is 0 Å². The minimum absolute atomic E-state index is 0.227. The van der Waals surface area contributed by atoms with Gasteiger partial charge in [0.15, 0.2) is 11.5 Å². The monoisotopic (exact) mass is 324 g/mol. The van der Waals surface area contributed by atoms with E-state index < -0.39 is 0 Å². The molecule has 100 valence electrons. The van der Waals surface area contributed by atoms with Crippen molar-refractivity contribution in [1.82, 2.24) is 5.16 Å². The smallest absolute Gasteiger partial charge is 0.277 e. The zero-order chi connectivity index (χ0) is 13.8. The number of nitrogens with zero attached hydrogens (tertiary/aromatic N) is 1. The van der Waals surface area contributed by atoms with E-state index in [1.807, 2.05) is 25.1 Å². The number of hydrogen-bond donors (Lipinski definition) is 1. The molecule has 0 bridgehead atoms. The number of benzene rings is 1. The summed E-state index contributed by atoms with van der Waals surface area (Å²) in [6, 6.07) is 7.21. The normalized spacial score (nSPS) is 10.5. The number of rotatable bonds is 4. The van der Waals surface area contributed by atoms with Gasteiger partial charge >= 0.3 is 0 Å². The van der Waals surface area contributed by atoms with Crippen molar-refractivity contribution in [2.45, 2.75) is 13.5 Å². The molecule has 0 aliphatic carbocycles. The highest BCUT2D eigenvalue weighted by Gasteiger charge is 2.13. The van der Waals surface area contributed by atoms with Crippen LogP contribution in [-0.4, -0.2) is 18.2 Å². The summed E-state index contributed by atoms with van der Waals surface area (Å²) in [5.74, 6) is 0.196. The van der Waals surface area contributed by atoms with Crippen LogP contribution in [0.25, 0.3) is 0 Å². The number of carbonyl (C=O) groups excluding carboxylic acids is 1. The van der Waals surface area contributed by atoms with Crippen molar-refractivity contribution in [2.75, 3.05) is 12.4 Å². The zero-order valence-corrected chi connectivity index (χ0v) is 12.2. The van der Waals surface area contributed by atoms with Crippen LogP contribution in [0.3, 0.4) is 0 Å². The number of amides is 1. The van der Waals surface area contributed by atoms with E-state index in [4.69, 9.17) is 9.26 Å². The quantitative estimate of drug-likeness (QED) is 0.938. The average molecular weight is 325 g/mol. The lowest BCUT2D eigenvalue weighted by Gasteiger charge is -2.04. The molecular weight excluding hydrogens is 312 g/mol. The lowest BCUT2D eigenvalue weighted by atomic mass is 10.2. The molecule has 0 atom stereocenters. The number of methoxy groups -OCH3 is 1. The van der Waals surface area contributed by atoms with E-state index >= 15 is 0 Å². The minimum Gasteiger partial charge on any atom is -0.377 e. The highest BCUT2D eigenvalue weighted by atomic mass is 79.9. The van der Waals surface area contributed by atoms with Crippen molar-refractivity contribution >= 4 is 27.5 Å². The predicted octanol–water partition coefficient (Wildman–Crippen LogP) is 3.14. The lowest BCUT2D eigenvalue weighted by molar-refractivity contribution is 0.101. The van der Waals surface area contributed by atoms with Gasteiger partial charge in [0, 0.05) is 23.3 Å². The van der Waals surface area contributed by atoms with Crippen molar-refractivity contribution in [1.29, 1.82) is 0 Å². The fourth-order valence-corrected chi connectivity index (χ4v) is 2.24. The molecule has 1 aromatic carbocycles. The highest BCUT2D eigenvalue weighted by Crippen LogP contribution is 2.19. The van der Waals surface area contributed by atoms with Crippen LogP contribution in [0.4, 0.5) is 5.69 Å². The summed E-state index contributed by atoms with van der Waals surface area (Å²) in [5.41, 5.74) is 1.97. The molecule has 1 N–H and O–H groups in total. The second kappa shape index (κ2) is 5.99. The van der Waals surface area contributed by atoms with Gasteiger partial charge in [-0.25, -0.2) is 0 Å². The molecular formula is C13H13BrN2O3. The van der Waals surface area contributed by atoms with Gasteiger partial charge in [-0.2, -0.15) is 0 Å². The van der Waals surface area contributed by atoms with Crippen molar-refractivity contribution in [3.05, 3.63) is 45.8 Å². The summed E-state index contributed by atoms with van der Waals surface area (Å²) in [6.07, 6.45) is 0. The number of halogens is 1. The number of hydrogen-bond acceptors (Lipinski definition) is 4. The summed E-state index contributed by atoms with van der Waals surface area (Å²) in [5, 5.41) is 6.46. The number of aryl methyl sites for hydroxylation is 1. The third-order valence-corrected chi connectivity index (χ3v) is 2.84. The van der Waals surface area contributed by atoms with E-state index in [0.717, 1.165) is 10.0 Å². The molecule has 1 amide bonds. The topological polar surface area (TPSA) is 64.4 Å². The van der Waals surface area contributed by atoms with Crippen LogP contribution in [0.5, 0.6) is 0 Å². The predicted molar refractivity (Wildman–Crippen MR) is 74.0 cm³/mol. The van der Waals surface area contributed by atoms with Gasteiger partial charge in [0.1, 0.15) is 6.61 Å². The molecule has 0 saturated heterocycles. The summed E-state index contributed by atoms with van der Waals surface area (Å²) in [4.78, 5) is 12.0. The summed E-state index contributed by atoms with van der Waals surface area (Å²) >= 11 is 3.38. The first-order valence-electron chi connectivity index (χ1n) is 5.61. The van der Waals surface area contributed by atoms with E-state index in [0.29, 0.717) is 11.4 Å². The Morgan fingerprint density at radius 2 is 2.21 bits per heavy atom. The molecule has 0 spiro atoms. The summed E-state index contributed by atoms with van der Waals surface area (Å²) in [6.45, 7) is 2.24. The summed E-state index contributed by atoms with van der Waals surface area (Å²) in [7, 11) is 1.55. The van der Waals surface area contributed by atoms with Gasteiger partial charge in [0.05, 0.1) is 0 Å². The molecule has 2 rings (SSSR count). The fraction of sp³-hybridized carbons (Fsp3) is 0.231. The van der Waals surface area contributed by atoms with Crippen molar-refractivity contribution < 1.29 is 14.1 Å². The Morgan fingerprint density at radius 3 is 2.89 bits per heavy atom. The molecule has 0 aliphatic rings. The van der Waals surface area contributed by atoms with Gasteiger partial charge < -0.3 is 14.6 Å². The van der Waals surface area contributed by atoms with E-state index in [1.54, 1.807) is 13.2 Å². The number of ether oxygens (including phenoxy) is 1. The van der Waals surface area contributed by atoms with Gasteiger partial charge in [-0.05, 0) is 30.7 Å². The molecule has 0 unspecified atom stereocenters. The molecule has 0 radical (unpaired) electrons. The molecule has 1 heterocycles. The van der Waals surface area contributed by atoms with Gasteiger partial charge in [-0.3, -0.25) is 4.79 Å². The Morgan fingerprint density at radius 1 is 1.42 bits per heavy atom. The average Bonchev–Trinajstić information content (AvgIpc) is 2.76. The minimum atomic E-state index is -0.316. The van der Waals surface area contributed by atoms with Crippen LogP contribution in [-0.2, 0) is 11.3 Å². The molecule has 1 aromatic heterocycles. The number of carbonyl (C=O) groups is 1. The van der Waals surface area contributed by atoms with Crippen LogP contribution in [0.15, 0.2) is 33.3 Å². The fourth-order valence-electron chi connectivity index (χ4n) is 1.63. The Balaban J connectivity index is 2.11. The molecule has 6 heteroatoms. The second-order valence-corrected chi connectivity index (χ2v) is 5.00. The molecule has 0 fully saturated rings. The Hall–Kier alpha value is -1.66. The van der Waals surface area contributed by atoms with Crippen LogP contribution >= 0.6 is 15.9 Å². The number of aromatic nitrogens is 1. The highest BCUT2D eigenvalue weighted by molar-refractivity contribution is 9.10. The molecule has 2 aromatic rings. The first-order valence-corrected chi connectivity index (χ1v) is 6.41. The van der Waals surface area contributed by atoms with Crippen LogP contribution in [0, 0.1) is 6.92 Å². The Labute approximate surface area is 119 Å². The van der Waals surface area contributed by atoms with Crippen molar-refractivity contribution in [2.24, 2.45) is 0 Å². The third-order valence-electron chi connectivity index (χ3n) is 2.38. The number of nitrogens with one attached hydrogen (secondary N) is 1. The first kappa shape index (κ1) is 13.8. The standard InChI is InChI=1S/C13H13BrN2O3/c1-8-3-9(14)5-10(4-8)15-13(17)12-6-11(7-18-2)19-16-12/h3-6H,7H2,1-2H3,(H,15,17). The molecule has 0 saturated carbocycles. The van der Waals surface area contributed by atoms with Gasteiger partial charge in [-0.15, -0.1) is 0 Å². The SMILES string of the molecule is COCc1cc(C(=O)Nc2cc(C)cc(Br)c2)no1. The van der Waals surface area contributed by atoms with E-state index in [9.17, 15) is 4.79 Å². The summed E-state index contributed by atoms with van der Waals surface area (Å²) < 4.78 is 10.8. The maximum atomic E-state index is 12.0. The van der Waals surface area contributed by atoms with E-state index in [2.05, 4.69) is 26.4 Å². The van der Waals surface area contributed by atoms with Gasteiger partial charge in [0.25, 0.3) is 5.91 Å². The molecule has 0 aliphatic heterocycles. The zero-order valence-electron chi connectivity index (χ0n) is 10.6. The van der Waals surface area contributed by atoms with E-state index in [-0.39, 0.29) is 18.2 Å². The second-order valence-electron chi connectivity index (χ2n) is 4.08. The maximum Gasteiger partial charge on any atom is 0.277 e. The van der Waals surface area contributed by atoms with Crippen molar-refractivity contribution in [3.8, 4) is 0 Å². The Kier molecular flexibility index (Phi) is 4.34. The van der Waals surface area contributed by atoms with Gasteiger partial charge in [0.2, 0.25) is 0 Å².